The molecule has 0 saturated carbocycles. The number of aliphatic hydroxyl groups excluding tert-OH is 1. The van der Waals surface area contributed by atoms with Crippen molar-refractivity contribution in [3.05, 3.63) is 56.5 Å². The van der Waals surface area contributed by atoms with Crippen molar-refractivity contribution < 1.29 is 10.0 Å². The van der Waals surface area contributed by atoms with Crippen molar-refractivity contribution in [1.82, 2.24) is 0 Å². The molecule has 0 aliphatic heterocycles. The summed E-state index contributed by atoms with van der Waals surface area (Å²) in [5.74, 6) is 0. The van der Waals surface area contributed by atoms with Gasteiger partial charge in [0.15, 0.2) is 6.10 Å². The van der Waals surface area contributed by atoms with Crippen molar-refractivity contribution >= 4 is 6.08 Å². The van der Waals surface area contributed by atoms with Crippen LogP contribution in [0.2, 0.25) is 0 Å². The molecule has 1 aromatic rings. The second-order valence-corrected chi connectivity index (χ2v) is 3.50. The summed E-state index contributed by atoms with van der Waals surface area (Å²) < 4.78 is 0. The molecule has 0 spiro atoms. The molecule has 0 aromatic heterocycles. The third-order valence-electron chi connectivity index (χ3n) is 2.64. The van der Waals surface area contributed by atoms with E-state index in [-0.39, 0.29) is 0 Å². The molecule has 2 unspecified atom stereocenters. The van der Waals surface area contributed by atoms with E-state index in [1.165, 1.54) is 12.1 Å². The molecule has 0 fully saturated rings. The summed E-state index contributed by atoms with van der Waals surface area (Å²) in [7, 11) is 0. The van der Waals surface area contributed by atoms with E-state index in [9.17, 15) is 20.1 Å². The fraction of sp³-hybridized carbons (Fsp3) is 0.200. The zero-order valence-corrected chi connectivity index (χ0v) is 8.11. The molecule has 2 atom stereocenters. The Bertz CT molecular complexity index is 485. The lowest BCUT2D eigenvalue weighted by atomic mass is 9.87. The van der Waals surface area contributed by atoms with Crippen LogP contribution in [-0.2, 0) is 0 Å². The molecule has 0 bridgehead atoms. The summed E-state index contributed by atoms with van der Waals surface area (Å²) in [5, 5.41) is 23.2. The highest BCUT2D eigenvalue weighted by Gasteiger charge is 2.53. The smallest absolute Gasteiger partial charge is 0.379 e. The van der Waals surface area contributed by atoms with E-state index in [1.807, 2.05) is 0 Å². The van der Waals surface area contributed by atoms with E-state index in [2.05, 4.69) is 5.18 Å². The Balaban J connectivity index is 2.60. The minimum atomic E-state index is -2.31. The van der Waals surface area contributed by atoms with Crippen LogP contribution in [0.3, 0.4) is 0 Å². The Morgan fingerprint density at radius 1 is 1.44 bits per heavy atom. The summed E-state index contributed by atoms with van der Waals surface area (Å²) in [6.45, 7) is 0. The predicted molar refractivity (Wildman–Crippen MR) is 56.0 cm³/mol. The van der Waals surface area contributed by atoms with Gasteiger partial charge in [0.2, 0.25) is 0 Å². The van der Waals surface area contributed by atoms with E-state index in [0.717, 1.165) is 6.08 Å². The van der Waals surface area contributed by atoms with Gasteiger partial charge >= 0.3 is 5.66 Å². The molecule has 1 N–H and O–H groups in total. The van der Waals surface area contributed by atoms with Crippen LogP contribution in [0.4, 0.5) is 0 Å². The lowest BCUT2D eigenvalue weighted by Crippen LogP contribution is -2.42. The quantitative estimate of drug-likeness (QED) is 0.464. The van der Waals surface area contributed by atoms with Crippen LogP contribution in [-0.4, -0.2) is 15.7 Å². The molecule has 0 heterocycles. The molecule has 1 aliphatic carbocycles. The van der Waals surface area contributed by atoms with Crippen molar-refractivity contribution in [2.75, 3.05) is 0 Å². The molecule has 0 saturated heterocycles. The molecule has 82 valence electrons. The fourth-order valence-electron chi connectivity index (χ4n) is 1.72. The lowest BCUT2D eigenvalue weighted by Gasteiger charge is -2.25. The fourth-order valence-corrected chi connectivity index (χ4v) is 1.72. The van der Waals surface area contributed by atoms with Gasteiger partial charge in [-0.1, -0.05) is 24.3 Å². The van der Waals surface area contributed by atoms with Crippen molar-refractivity contribution in [2.45, 2.75) is 11.8 Å². The van der Waals surface area contributed by atoms with E-state index in [4.69, 9.17) is 0 Å². The van der Waals surface area contributed by atoms with Crippen molar-refractivity contribution in [3.8, 4) is 0 Å². The van der Waals surface area contributed by atoms with Gasteiger partial charge < -0.3 is 5.11 Å². The minimum absolute atomic E-state index is 0.335. The molecule has 16 heavy (non-hydrogen) atoms. The van der Waals surface area contributed by atoms with E-state index in [0.29, 0.717) is 11.1 Å². The zero-order chi connectivity index (χ0) is 11.8. The van der Waals surface area contributed by atoms with Gasteiger partial charge in [-0.25, -0.2) is 0 Å². The number of fused-ring (bicyclic) bond motifs is 1. The van der Waals surface area contributed by atoms with Crippen LogP contribution < -0.4 is 0 Å². The highest BCUT2D eigenvalue weighted by Crippen LogP contribution is 2.37. The number of benzene rings is 1. The minimum Gasteiger partial charge on any atom is -0.379 e. The van der Waals surface area contributed by atoms with E-state index in [1.54, 1.807) is 18.2 Å². The molecule has 0 amide bonds. The first-order valence-electron chi connectivity index (χ1n) is 4.57. The van der Waals surface area contributed by atoms with Crippen LogP contribution in [0.5, 0.6) is 0 Å². The molecule has 1 aromatic carbocycles. The molecule has 6 nitrogen and oxygen atoms in total. The Morgan fingerprint density at radius 2 is 2.12 bits per heavy atom. The third kappa shape index (κ3) is 1.24. The van der Waals surface area contributed by atoms with Crippen LogP contribution in [0, 0.1) is 15.0 Å². The van der Waals surface area contributed by atoms with Gasteiger partial charge in [-0.05, 0) is 17.2 Å². The first-order chi connectivity index (χ1) is 7.62. The van der Waals surface area contributed by atoms with Gasteiger partial charge in [0.05, 0.1) is 4.92 Å². The highest BCUT2D eigenvalue weighted by atomic mass is 16.6. The van der Waals surface area contributed by atoms with Crippen molar-refractivity contribution in [2.24, 2.45) is 5.18 Å². The number of nitrogens with zero attached hydrogens (tertiary/aromatic N) is 2. The summed E-state index contributed by atoms with van der Waals surface area (Å²) in [4.78, 5) is 20.6. The first-order valence-corrected chi connectivity index (χ1v) is 4.57. The molecule has 6 heteroatoms. The summed E-state index contributed by atoms with van der Waals surface area (Å²) >= 11 is 0. The Kier molecular flexibility index (Phi) is 2.28. The van der Waals surface area contributed by atoms with Gasteiger partial charge in [0.1, 0.15) is 0 Å². The average Bonchev–Trinajstić information content (AvgIpc) is 2.30. The number of hydrogen-bond acceptors (Lipinski definition) is 5. The zero-order valence-electron chi connectivity index (χ0n) is 8.11. The SMILES string of the molecule is O=NC1([N+](=O)[O-])C=Cc2ccccc2C1O. The largest absolute Gasteiger partial charge is 0.396 e. The maximum atomic E-state index is 10.8. The number of hydrogen-bond donors (Lipinski definition) is 1. The van der Waals surface area contributed by atoms with Crippen LogP contribution in [0.1, 0.15) is 17.2 Å². The second-order valence-electron chi connectivity index (χ2n) is 3.50. The standard InChI is InChI=1S/C10H8N2O4/c13-9-8-4-2-1-3-7(8)5-6-10(9,11-14)12(15)16/h1-6,9,13H. The normalized spacial score (nSPS) is 27.2. The van der Waals surface area contributed by atoms with E-state index < -0.39 is 16.7 Å². The van der Waals surface area contributed by atoms with Crippen LogP contribution in [0.25, 0.3) is 6.08 Å². The Hall–Kier alpha value is -2.08. The van der Waals surface area contributed by atoms with Gasteiger partial charge in [-0.2, -0.15) is 0 Å². The predicted octanol–water partition coefficient (Wildman–Crippen LogP) is 1.49. The monoisotopic (exact) mass is 220 g/mol. The summed E-state index contributed by atoms with van der Waals surface area (Å²) in [6, 6.07) is 6.61. The van der Waals surface area contributed by atoms with Gasteiger partial charge in [0.25, 0.3) is 0 Å². The number of nitro groups is 1. The number of nitroso groups, excluding NO2 is 1. The van der Waals surface area contributed by atoms with Gasteiger partial charge in [0, 0.05) is 11.3 Å². The third-order valence-corrected chi connectivity index (χ3v) is 2.64. The Labute approximate surface area is 90.3 Å². The summed E-state index contributed by atoms with van der Waals surface area (Å²) in [5.41, 5.74) is -1.33. The highest BCUT2D eigenvalue weighted by molar-refractivity contribution is 5.59. The molecular formula is C10H8N2O4. The van der Waals surface area contributed by atoms with Crippen molar-refractivity contribution in [3.63, 3.8) is 0 Å². The number of aliphatic hydroxyl groups is 1. The second kappa shape index (κ2) is 3.49. The maximum absolute atomic E-state index is 10.8. The topological polar surface area (TPSA) is 92.8 Å². The Morgan fingerprint density at radius 3 is 2.75 bits per heavy atom. The maximum Gasteiger partial charge on any atom is 0.396 e. The van der Waals surface area contributed by atoms with Gasteiger partial charge in [-0.3, -0.25) is 10.1 Å². The molecule has 0 radical (unpaired) electrons. The lowest BCUT2D eigenvalue weighted by molar-refractivity contribution is -0.568. The molecule has 2 rings (SSSR count). The molecule has 1 aliphatic rings. The number of rotatable bonds is 2. The average molecular weight is 220 g/mol. The van der Waals surface area contributed by atoms with Gasteiger partial charge in [-0.15, -0.1) is 4.91 Å². The van der Waals surface area contributed by atoms with E-state index >= 15 is 0 Å². The molecular weight excluding hydrogens is 212 g/mol. The van der Waals surface area contributed by atoms with Crippen LogP contribution in [0.15, 0.2) is 35.5 Å². The first kappa shape index (κ1) is 10.4. The van der Waals surface area contributed by atoms with Crippen molar-refractivity contribution in [1.29, 1.82) is 0 Å². The summed E-state index contributed by atoms with van der Waals surface area (Å²) in [6.07, 6.45) is 0.889. The van der Waals surface area contributed by atoms with Crippen LogP contribution >= 0.6 is 0 Å².